The van der Waals surface area contributed by atoms with Gasteiger partial charge in [-0.3, -0.25) is 9.59 Å². The van der Waals surface area contributed by atoms with Crippen LogP contribution in [-0.2, 0) is 19.6 Å². The highest BCUT2D eigenvalue weighted by Crippen LogP contribution is 2.25. The fourth-order valence-corrected chi connectivity index (χ4v) is 4.40. The summed E-state index contributed by atoms with van der Waals surface area (Å²) >= 11 is 0. The normalized spacial score (nSPS) is 16.3. The maximum absolute atomic E-state index is 12.8. The summed E-state index contributed by atoms with van der Waals surface area (Å²) in [5, 5.41) is 2.63. The monoisotopic (exact) mass is 381 g/mol. The Kier molecular flexibility index (Phi) is 6.41. The Bertz CT molecular complexity index is 782. The molecule has 0 atom stereocenters. The minimum absolute atomic E-state index is 0.0347. The number of amides is 2. The van der Waals surface area contributed by atoms with Crippen LogP contribution in [0.3, 0.4) is 0 Å². The Hall–Kier alpha value is -1.93. The molecule has 1 aromatic rings. The van der Waals surface area contributed by atoms with Crippen LogP contribution in [0.2, 0.25) is 0 Å². The predicted molar refractivity (Wildman–Crippen MR) is 99.1 cm³/mol. The third-order valence-corrected chi connectivity index (χ3v) is 6.75. The first-order valence-electron chi connectivity index (χ1n) is 8.68. The van der Waals surface area contributed by atoms with Crippen LogP contribution in [0.4, 0.5) is 0 Å². The van der Waals surface area contributed by atoms with Crippen LogP contribution in [0, 0.1) is 19.8 Å². The van der Waals surface area contributed by atoms with Gasteiger partial charge in [0.25, 0.3) is 0 Å². The number of piperidine rings is 1. The summed E-state index contributed by atoms with van der Waals surface area (Å²) in [5.41, 5.74) is 1.98. The lowest BCUT2D eigenvalue weighted by atomic mass is 9.97. The second-order valence-corrected chi connectivity index (χ2v) is 8.87. The number of carbonyl (C=O) groups excluding carboxylic acids is 2. The van der Waals surface area contributed by atoms with Gasteiger partial charge >= 0.3 is 0 Å². The lowest BCUT2D eigenvalue weighted by Gasteiger charge is -2.30. The maximum Gasteiger partial charge on any atom is 0.243 e. The molecule has 1 aliphatic rings. The molecule has 8 heteroatoms. The van der Waals surface area contributed by atoms with Gasteiger partial charge < -0.3 is 10.2 Å². The van der Waals surface area contributed by atoms with Gasteiger partial charge in [-0.15, -0.1) is 0 Å². The number of nitrogens with zero attached hydrogens (tertiary/aromatic N) is 2. The summed E-state index contributed by atoms with van der Waals surface area (Å²) in [6.45, 7) is 4.40. The third kappa shape index (κ3) is 4.62. The number of aryl methyl sites for hydroxylation is 2. The van der Waals surface area contributed by atoms with E-state index in [1.165, 1.54) is 9.21 Å². The predicted octanol–water partition coefficient (Wildman–Crippen LogP) is 0.909. The number of nitrogens with one attached hydrogen (secondary N) is 1. The van der Waals surface area contributed by atoms with E-state index in [2.05, 4.69) is 5.32 Å². The highest BCUT2D eigenvalue weighted by Gasteiger charge is 2.32. The fourth-order valence-electron chi connectivity index (χ4n) is 2.85. The van der Waals surface area contributed by atoms with E-state index in [0.717, 1.165) is 11.1 Å². The number of benzene rings is 1. The van der Waals surface area contributed by atoms with E-state index in [1.807, 2.05) is 19.9 Å². The average Bonchev–Trinajstić information content (AvgIpc) is 2.61. The number of likely N-dealkylation sites (N-methyl/N-ethyl adjacent to an activating group) is 1. The Labute approximate surface area is 155 Å². The highest BCUT2D eigenvalue weighted by molar-refractivity contribution is 7.89. The molecule has 0 spiro atoms. The zero-order valence-electron chi connectivity index (χ0n) is 15.8. The topological polar surface area (TPSA) is 86.8 Å². The Morgan fingerprint density at radius 2 is 1.77 bits per heavy atom. The minimum Gasteiger partial charge on any atom is -0.347 e. The first-order valence-corrected chi connectivity index (χ1v) is 10.1. The van der Waals surface area contributed by atoms with Crippen LogP contribution in [-0.4, -0.2) is 63.2 Å². The van der Waals surface area contributed by atoms with Crippen molar-refractivity contribution in [2.24, 2.45) is 5.92 Å². The molecule has 1 N–H and O–H groups in total. The standard InChI is InChI=1S/C18H27N3O4S/c1-13-5-6-16(11-14(13)2)26(24,25)21-9-7-15(8-10-21)18(23)19-12-17(22)20(3)4/h5-6,11,15H,7-10,12H2,1-4H3,(H,19,23). The van der Waals surface area contributed by atoms with Gasteiger partial charge in [-0.05, 0) is 49.9 Å². The summed E-state index contributed by atoms with van der Waals surface area (Å²) in [7, 11) is -0.287. The van der Waals surface area contributed by atoms with Crippen molar-refractivity contribution in [2.75, 3.05) is 33.7 Å². The van der Waals surface area contributed by atoms with Crippen molar-refractivity contribution < 1.29 is 18.0 Å². The van der Waals surface area contributed by atoms with Crippen molar-refractivity contribution in [2.45, 2.75) is 31.6 Å². The van der Waals surface area contributed by atoms with Gasteiger partial charge in [0.05, 0.1) is 11.4 Å². The van der Waals surface area contributed by atoms with Crippen molar-refractivity contribution in [1.29, 1.82) is 0 Å². The second kappa shape index (κ2) is 8.18. The van der Waals surface area contributed by atoms with Crippen LogP contribution < -0.4 is 5.32 Å². The van der Waals surface area contributed by atoms with Gasteiger partial charge in [0.15, 0.2) is 0 Å². The van der Waals surface area contributed by atoms with Gasteiger partial charge in [-0.1, -0.05) is 6.07 Å². The SMILES string of the molecule is Cc1ccc(S(=O)(=O)N2CCC(C(=O)NCC(=O)N(C)C)CC2)cc1C. The zero-order chi connectivity index (χ0) is 19.5. The Balaban J connectivity index is 1.95. The molecular weight excluding hydrogens is 354 g/mol. The van der Waals surface area contributed by atoms with Gasteiger partial charge in [0.1, 0.15) is 0 Å². The van der Waals surface area contributed by atoms with Crippen LogP contribution in [0.25, 0.3) is 0 Å². The summed E-state index contributed by atoms with van der Waals surface area (Å²) < 4.78 is 27.0. The Morgan fingerprint density at radius 3 is 2.31 bits per heavy atom. The quantitative estimate of drug-likeness (QED) is 0.821. The zero-order valence-corrected chi connectivity index (χ0v) is 16.6. The van der Waals surface area contributed by atoms with E-state index in [9.17, 15) is 18.0 Å². The molecule has 0 aliphatic carbocycles. The van der Waals surface area contributed by atoms with Gasteiger partial charge in [0.2, 0.25) is 21.8 Å². The maximum atomic E-state index is 12.8. The largest absolute Gasteiger partial charge is 0.347 e. The summed E-state index contributed by atoms with van der Waals surface area (Å²) in [5.74, 6) is -0.632. The van der Waals surface area contributed by atoms with Crippen LogP contribution in [0.5, 0.6) is 0 Å². The van der Waals surface area contributed by atoms with Crippen LogP contribution in [0.1, 0.15) is 24.0 Å². The van der Waals surface area contributed by atoms with Crippen LogP contribution >= 0.6 is 0 Å². The molecule has 1 aliphatic heterocycles. The molecule has 2 rings (SSSR count). The first kappa shape index (κ1) is 20.4. The van der Waals surface area contributed by atoms with E-state index in [1.54, 1.807) is 26.2 Å². The molecular formula is C18H27N3O4S. The van der Waals surface area contributed by atoms with E-state index in [0.29, 0.717) is 30.8 Å². The van der Waals surface area contributed by atoms with Crippen molar-refractivity contribution >= 4 is 21.8 Å². The van der Waals surface area contributed by atoms with Gasteiger partial charge in [0, 0.05) is 33.1 Å². The molecule has 1 saturated heterocycles. The lowest BCUT2D eigenvalue weighted by Crippen LogP contribution is -2.44. The van der Waals surface area contributed by atoms with Crippen molar-refractivity contribution in [3.63, 3.8) is 0 Å². The summed E-state index contributed by atoms with van der Waals surface area (Å²) in [6, 6.07) is 5.13. The third-order valence-electron chi connectivity index (χ3n) is 4.85. The van der Waals surface area contributed by atoms with Gasteiger partial charge in [-0.2, -0.15) is 4.31 Å². The highest BCUT2D eigenvalue weighted by atomic mass is 32.2. The summed E-state index contributed by atoms with van der Waals surface area (Å²) in [6.07, 6.45) is 0.901. The molecule has 1 heterocycles. The second-order valence-electron chi connectivity index (χ2n) is 6.93. The number of hydrogen-bond donors (Lipinski definition) is 1. The molecule has 0 saturated carbocycles. The Morgan fingerprint density at radius 1 is 1.15 bits per heavy atom. The van der Waals surface area contributed by atoms with Crippen molar-refractivity contribution in [3.05, 3.63) is 29.3 Å². The van der Waals surface area contributed by atoms with E-state index >= 15 is 0 Å². The fraction of sp³-hybridized carbons (Fsp3) is 0.556. The van der Waals surface area contributed by atoms with E-state index in [-0.39, 0.29) is 24.3 Å². The molecule has 2 amide bonds. The van der Waals surface area contributed by atoms with Gasteiger partial charge in [-0.25, -0.2) is 8.42 Å². The van der Waals surface area contributed by atoms with Crippen LogP contribution in [0.15, 0.2) is 23.1 Å². The van der Waals surface area contributed by atoms with Crippen molar-refractivity contribution in [3.8, 4) is 0 Å². The average molecular weight is 381 g/mol. The number of rotatable bonds is 5. The smallest absolute Gasteiger partial charge is 0.243 e. The molecule has 0 aromatic heterocycles. The number of sulfonamides is 1. The van der Waals surface area contributed by atoms with E-state index < -0.39 is 10.0 Å². The molecule has 0 bridgehead atoms. The molecule has 1 fully saturated rings. The molecule has 0 unspecified atom stereocenters. The number of hydrogen-bond acceptors (Lipinski definition) is 4. The molecule has 1 aromatic carbocycles. The molecule has 7 nitrogen and oxygen atoms in total. The van der Waals surface area contributed by atoms with Crippen molar-refractivity contribution in [1.82, 2.24) is 14.5 Å². The number of carbonyl (C=O) groups is 2. The van der Waals surface area contributed by atoms with E-state index in [4.69, 9.17) is 0 Å². The molecule has 0 radical (unpaired) electrons. The molecule has 26 heavy (non-hydrogen) atoms. The molecule has 144 valence electrons. The lowest BCUT2D eigenvalue weighted by molar-refractivity contribution is -0.132. The first-order chi connectivity index (χ1) is 12.1. The summed E-state index contributed by atoms with van der Waals surface area (Å²) in [4.78, 5) is 25.4. The minimum atomic E-state index is -3.55.